The molecule has 1 heterocycles. The summed E-state index contributed by atoms with van der Waals surface area (Å²) in [4.78, 5) is 39.4. The Hall–Kier alpha value is -2.93. The molecule has 1 aliphatic carbocycles. The van der Waals surface area contributed by atoms with Crippen LogP contribution in [0.5, 0.6) is 0 Å². The van der Waals surface area contributed by atoms with E-state index in [1.54, 1.807) is 6.92 Å². The number of carbonyl (C=O) groups excluding carboxylic acids is 3. The summed E-state index contributed by atoms with van der Waals surface area (Å²) >= 11 is 0. The second kappa shape index (κ2) is 9.71. The van der Waals surface area contributed by atoms with Crippen molar-refractivity contribution < 1.29 is 28.6 Å². The summed E-state index contributed by atoms with van der Waals surface area (Å²) in [6, 6.07) is 7.77. The Kier molecular flexibility index (Phi) is 7.05. The monoisotopic (exact) mass is 413 g/mol. The van der Waals surface area contributed by atoms with Gasteiger partial charge < -0.3 is 19.1 Å². The van der Waals surface area contributed by atoms with E-state index in [2.05, 4.69) is 0 Å². The zero-order valence-electron chi connectivity index (χ0n) is 17.7. The first-order valence-corrected chi connectivity index (χ1v) is 10.0. The van der Waals surface area contributed by atoms with Crippen molar-refractivity contribution in [1.82, 2.24) is 4.90 Å². The van der Waals surface area contributed by atoms with E-state index < -0.39 is 0 Å². The zero-order chi connectivity index (χ0) is 21.7. The van der Waals surface area contributed by atoms with Crippen molar-refractivity contribution in [2.24, 2.45) is 0 Å². The predicted octanol–water partition coefficient (Wildman–Crippen LogP) is 1.99. The Bertz CT molecular complexity index is 891. The van der Waals surface area contributed by atoms with Crippen molar-refractivity contribution >= 4 is 17.5 Å². The van der Waals surface area contributed by atoms with Crippen LogP contribution in [-0.2, 0) is 41.4 Å². The molecule has 30 heavy (non-hydrogen) atoms. The van der Waals surface area contributed by atoms with Crippen LogP contribution >= 0.6 is 0 Å². The first kappa shape index (κ1) is 21.8. The lowest BCUT2D eigenvalue weighted by Crippen LogP contribution is -2.40. The highest BCUT2D eigenvalue weighted by atomic mass is 16.5. The molecule has 7 heteroatoms. The summed E-state index contributed by atoms with van der Waals surface area (Å²) in [5, 5.41) is 0. The maximum Gasteiger partial charge on any atom is 0.228 e. The molecule has 7 nitrogen and oxygen atoms in total. The maximum absolute atomic E-state index is 12.8. The second-order valence-corrected chi connectivity index (χ2v) is 7.31. The summed E-state index contributed by atoms with van der Waals surface area (Å²) in [6.45, 7) is 4.14. The number of nitrogens with zero attached hydrogens (tertiary/aromatic N) is 1. The molecular weight excluding hydrogens is 386 g/mol. The number of aryl methyl sites for hydroxylation is 1. The average Bonchev–Trinajstić information content (AvgIpc) is 2.78. The number of morpholine rings is 1. The highest BCUT2D eigenvalue weighted by Gasteiger charge is 2.34. The van der Waals surface area contributed by atoms with E-state index in [4.69, 9.17) is 14.2 Å². The van der Waals surface area contributed by atoms with E-state index in [-0.39, 0.29) is 29.0 Å². The van der Waals surface area contributed by atoms with E-state index in [9.17, 15) is 14.4 Å². The third-order valence-corrected chi connectivity index (χ3v) is 5.49. The molecule has 1 aliphatic heterocycles. The van der Waals surface area contributed by atoms with Crippen LogP contribution in [-0.4, -0.2) is 62.9 Å². The van der Waals surface area contributed by atoms with Gasteiger partial charge in [-0.15, -0.1) is 0 Å². The maximum atomic E-state index is 12.8. The number of rotatable bonds is 7. The molecule has 3 rings (SSSR count). The lowest BCUT2D eigenvalue weighted by Gasteiger charge is -2.26. The Labute approximate surface area is 176 Å². The topological polar surface area (TPSA) is 82.1 Å². The normalized spacial score (nSPS) is 17.5. The molecule has 0 aromatic heterocycles. The molecule has 1 aromatic rings. The van der Waals surface area contributed by atoms with Crippen LogP contribution in [0, 0.1) is 0 Å². The fraction of sp³-hybridized carbons (Fsp3) is 0.435. The first-order valence-electron chi connectivity index (χ1n) is 10.0. The van der Waals surface area contributed by atoms with E-state index in [0.29, 0.717) is 56.7 Å². The fourth-order valence-corrected chi connectivity index (χ4v) is 3.65. The molecule has 0 unspecified atom stereocenters. The van der Waals surface area contributed by atoms with Crippen molar-refractivity contribution in [1.29, 1.82) is 0 Å². The predicted molar refractivity (Wildman–Crippen MR) is 110 cm³/mol. The Morgan fingerprint density at radius 3 is 2.13 bits per heavy atom. The molecule has 1 fully saturated rings. The number of hydrogen-bond acceptors (Lipinski definition) is 6. The molecule has 0 N–H and O–H groups in total. The van der Waals surface area contributed by atoms with Gasteiger partial charge in [0.2, 0.25) is 29.0 Å². The molecule has 1 saturated heterocycles. The minimum atomic E-state index is -0.331. The average molecular weight is 413 g/mol. The molecule has 0 bridgehead atoms. The molecule has 0 saturated carbocycles. The van der Waals surface area contributed by atoms with E-state index in [1.165, 1.54) is 14.2 Å². The van der Waals surface area contributed by atoms with Crippen molar-refractivity contribution in [3.63, 3.8) is 0 Å². The van der Waals surface area contributed by atoms with Crippen molar-refractivity contribution in [2.45, 2.75) is 26.2 Å². The second-order valence-electron chi connectivity index (χ2n) is 7.31. The Morgan fingerprint density at radius 1 is 0.967 bits per heavy atom. The van der Waals surface area contributed by atoms with Gasteiger partial charge in [0.05, 0.1) is 27.4 Å². The third kappa shape index (κ3) is 4.62. The Balaban J connectivity index is 1.64. The van der Waals surface area contributed by atoms with E-state index in [1.807, 2.05) is 29.2 Å². The molecule has 0 radical (unpaired) electrons. The molecule has 2 aliphatic rings. The molecule has 0 atom stereocenters. The molecule has 1 amide bonds. The first-order chi connectivity index (χ1) is 14.5. The van der Waals surface area contributed by atoms with Crippen LogP contribution in [0.4, 0.5) is 0 Å². The summed E-state index contributed by atoms with van der Waals surface area (Å²) in [5.41, 5.74) is 2.74. The smallest absolute Gasteiger partial charge is 0.228 e. The van der Waals surface area contributed by atoms with Gasteiger partial charge in [0.25, 0.3) is 0 Å². The number of carbonyl (C=O) groups is 3. The van der Waals surface area contributed by atoms with Crippen LogP contribution in [0.3, 0.4) is 0 Å². The van der Waals surface area contributed by atoms with Gasteiger partial charge in [0.15, 0.2) is 0 Å². The van der Waals surface area contributed by atoms with Crippen molar-refractivity contribution in [2.75, 3.05) is 40.5 Å². The van der Waals surface area contributed by atoms with Crippen molar-refractivity contribution in [3.05, 3.63) is 58.1 Å². The molecule has 160 valence electrons. The van der Waals surface area contributed by atoms with Crippen LogP contribution in [0.2, 0.25) is 0 Å². The molecule has 1 aromatic carbocycles. The standard InChI is InChI=1S/C23H27NO6/c1-15-18(21(27)23(29-3)22(28-2)20(15)26)14-17-6-4-16(5-7-17)8-9-19(25)24-10-12-30-13-11-24/h4-7H,8-14H2,1-3H3. The minimum Gasteiger partial charge on any atom is -0.489 e. The minimum absolute atomic E-state index is 0.0518. The van der Waals surface area contributed by atoms with E-state index >= 15 is 0 Å². The van der Waals surface area contributed by atoms with Gasteiger partial charge in [-0.25, -0.2) is 0 Å². The highest BCUT2D eigenvalue weighted by molar-refractivity contribution is 6.23. The number of amides is 1. The number of benzene rings is 1. The van der Waals surface area contributed by atoms with E-state index in [0.717, 1.165) is 11.1 Å². The van der Waals surface area contributed by atoms with Gasteiger partial charge in [-0.05, 0) is 24.5 Å². The lowest BCUT2D eigenvalue weighted by atomic mass is 9.88. The number of allylic oxidation sites excluding steroid dienone is 2. The number of ether oxygens (including phenoxy) is 3. The summed E-state index contributed by atoms with van der Waals surface area (Å²) in [7, 11) is 2.70. The van der Waals surface area contributed by atoms with Crippen LogP contribution in [0.15, 0.2) is 46.9 Å². The summed E-state index contributed by atoms with van der Waals surface area (Å²) < 4.78 is 15.5. The summed E-state index contributed by atoms with van der Waals surface area (Å²) in [5.74, 6) is -0.624. The van der Waals surface area contributed by atoms with Gasteiger partial charge in [0.1, 0.15) is 0 Å². The number of hydrogen-bond donors (Lipinski definition) is 0. The summed E-state index contributed by atoms with van der Waals surface area (Å²) in [6.07, 6.45) is 1.44. The lowest BCUT2D eigenvalue weighted by molar-refractivity contribution is -0.135. The van der Waals surface area contributed by atoms with Crippen LogP contribution in [0.25, 0.3) is 0 Å². The SMILES string of the molecule is COC1=C(OC)C(=O)C(Cc2ccc(CCC(=O)N3CCOCC3)cc2)=C(C)C1=O. The quantitative estimate of drug-likeness (QED) is 0.636. The van der Waals surface area contributed by atoms with Crippen LogP contribution in [0.1, 0.15) is 24.5 Å². The number of Topliss-reactive ketones (excluding diaryl/α,β-unsaturated/α-hetero) is 2. The fourth-order valence-electron chi connectivity index (χ4n) is 3.65. The van der Waals surface area contributed by atoms with Crippen molar-refractivity contribution in [3.8, 4) is 0 Å². The molecular formula is C23H27NO6. The largest absolute Gasteiger partial charge is 0.489 e. The van der Waals surface area contributed by atoms with Gasteiger partial charge in [0, 0.05) is 37.1 Å². The highest BCUT2D eigenvalue weighted by Crippen LogP contribution is 2.28. The van der Waals surface area contributed by atoms with Gasteiger partial charge in [-0.1, -0.05) is 24.3 Å². The number of ketones is 2. The Morgan fingerprint density at radius 2 is 1.53 bits per heavy atom. The zero-order valence-corrected chi connectivity index (χ0v) is 17.7. The van der Waals surface area contributed by atoms with Crippen LogP contribution < -0.4 is 0 Å². The molecule has 0 spiro atoms. The van der Waals surface area contributed by atoms with Gasteiger partial charge in [-0.3, -0.25) is 14.4 Å². The number of methoxy groups -OCH3 is 2. The van der Waals surface area contributed by atoms with Gasteiger partial charge >= 0.3 is 0 Å². The van der Waals surface area contributed by atoms with Gasteiger partial charge in [-0.2, -0.15) is 0 Å². The third-order valence-electron chi connectivity index (χ3n) is 5.49.